The Morgan fingerprint density at radius 3 is 2.55 bits per heavy atom. The van der Waals surface area contributed by atoms with E-state index < -0.39 is 0 Å². The number of pyridine rings is 1. The molecule has 2 rings (SSSR count). The van der Waals surface area contributed by atoms with E-state index in [9.17, 15) is 0 Å². The summed E-state index contributed by atoms with van der Waals surface area (Å²) >= 11 is 0. The number of nitrogens with two attached hydrogens (primary N) is 1. The molecule has 1 aromatic carbocycles. The van der Waals surface area contributed by atoms with Gasteiger partial charge in [0.25, 0.3) is 0 Å². The first kappa shape index (κ1) is 14.5. The van der Waals surface area contributed by atoms with Crippen molar-refractivity contribution in [2.45, 2.75) is 19.1 Å². The zero-order chi connectivity index (χ0) is 14.4. The van der Waals surface area contributed by atoms with Gasteiger partial charge in [0.2, 0.25) is 0 Å². The van der Waals surface area contributed by atoms with Crippen LogP contribution in [0.1, 0.15) is 30.2 Å². The van der Waals surface area contributed by atoms with Crippen molar-refractivity contribution in [2.75, 3.05) is 19.4 Å². The van der Waals surface area contributed by atoms with Crippen LogP contribution in [0.4, 0.5) is 5.82 Å². The van der Waals surface area contributed by atoms with Crippen LogP contribution in [0, 0.1) is 0 Å². The molecular formula is C16H21N3O. The van der Waals surface area contributed by atoms with Crippen molar-refractivity contribution in [3.8, 4) is 0 Å². The molecule has 20 heavy (non-hydrogen) atoms. The molecule has 0 saturated carbocycles. The molecule has 0 aliphatic rings. The number of nitrogen functional groups attached to an aromatic ring is 1. The van der Waals surface area contributed by atoms with Gasteiger partial charge in [0.15, 0.2) is 0 Å². The Hall–Kier alpha value is -1.91. The number of benzene rings is 1. The number of anilines is 1. The minimum atomic E-state index is -0.109. The zero-order valence-electron chi connectivity index (χ0n) is 11.9. The van der Waals surface area contributed by atoms with Crippen molar-refractivity contribution in [3.05, 3.63) is 59.8 Å². The Labute approximate surface area is 120 Å². The second-order valence-electron chi connectivity index (χ2n) is 4.58. The van der Waals surface area contributed by atoms with E-state index in [0.717, 1.165) is 17.7 Å². The maximum absolute atomic E-state index is 6.02. The van der Waals surface area contributed by atoms with Crippen LogP contribution in [0.2, 0.25) is 0 Å². The molecule has 0 aliphatic heterocycles. The van der Waals surface area contributed by atoms with Crippen molar-refractivity contribution in [3.63, 3.8) is 0 Å². The van der Waals surface area contributed by atoms with Crippen molar-refractivity contribution < 1.29 is 4.74 Å². The first-order valence-corrected chi connectivity index (χ1v) is 6.79. The third-order valence-corrected chi connectivity index (χ3v) is 3.32. The summed E-state index contributed by atoms with van der Waals surface area (Å²) in [5.74, 6) is 0.538. The van der Waals surface area contributed by atoms with E-state index in [-0.39, 0.29) is 12.1 Å². The van der Waals surface area contributed by atoms with Gasteiger partial charge in [-0.05, 0) is 18.2 Å². The molecule has 0 fully saturated rings. The molecule has 0 amide bonds. The second kappa shape index (κ2) is 7.03. The Bertz CT molecular complexity index is 530. The third kappa shape index (κ3) is 3.15. The van der Waals surface area contributed by atoms with Crippen LogP contribution in [-0.4, -0.2) is 18.6 Å². The molecular weight excluding hydrogens is 250 g/mol. The van der Waals surface area contributed by atoms with E-state index in [2.05, 4.69) is 29.4 Å². The summed E-state index contributed by atoms with van der Waals surface area (Å²) in [6, 6.07) is 14.0. The van der Waals surface area contributed by atoms with E-state index in [1.807, 2.05) is 30.3 Å². The Morgan fingerprint density at radius 1 is 1.20 bits per heavy atom. The Kier molecular flexibility index (Phi) is 5.09. The predicted octanol–water partition coefficient (Wildman–Crippen LogP) is 2.70. The van der Waals surface area contributed by atoms with Gasteiger partial charge >= 0.3 is 0 Å². The van der Waals surface area contributed by atoms with Crippen LogP contribution in [0.15, 0.2) is 48.7 Å². The lowest BCUT2D eigenvalue weighted by Crippen LogP contribution is -2.29. The summed E-state index contributed by atoms with van der Waals surface area (Å²) in [6.07, 6.45) is 1.59. The second-order valence-corrected chi connectivity index (χ2v) is 4.58. The number of rotatable bonds is 6. The Morgan fingerprint density at radius 2 is 1.95 bits per heavy atom. The van der Waals surface area contributed by atoms with Crippen molar-refractivity contribution in [2.24, 2.45) is 0 Å². The van der Waals surface area contributed by atoms with Crippen LogP contribution in [0.25, 0.3) is 0 Å². The predicted molar refractivity (Wildman–Crippen MR) is 81.3 cm³/mol. The van der Waals surface area contributed by atoms with Crippen LogP contribution in [0.5, 0.6) is 0 Å². The molecule has 0 bridgehead atoms. The number of methoxy groups -OCH3 is 1. The number of nitrogens with zero attached hydrogens (tertiary/aromatic N) is 1. The van der Waals surface area contributed by atoms with E-state index in [1.54, 1.807) is 13.3 Å². The highest BCUT2D eigenvalue weighted by atomic mass is 16.5. The van der Waals surface area contributed by atoms with Gasteiger partial charge in [-0.2, -0.15) is 0 Å². The minimum Gasteiger partial charge on any atom is -0.383 e. The minimum absolute atomic E-state index is 0.0268. The number of aromatic nitrogens is 1. The van der Waals surface area contributed by atoms with Crippen LogP contribution in [-0.2, 0) is 4.74 Å². The molecule has 2 aromatic rings. The van der Waals surface area contributed by atoms with Gasteiger partial charge < -0.3 is 15.8 Å². The highest BCUT2D eigenvalue weighted by Gasteiger charge is 2.25. The monoisotopic (exact) mass is 271 g/mol. The largest absolute Gasteiger partial charge is 0.383 e. The fraction of sp³-hybridized carbons (Fsp3) is 0.312. The van der Waals surface area contributed by atoms with Gasteiger partial charge in [-0.15, -0.1) is 0 Å². The smallest absolute Gasteiger partial charge is 0.128 e. The molecule has 106 valence electrons. The van der Waals surface area contributed by atoms with E-state index in [4.69, 9.17) is 10.5 Å². The standard InChI is InChI=1S/C16H21N3O/c1-3-18-14(13-10-7-11-19-16(13)17)15(20-2)12-8-5-4-6-9-12/h4-11,14-15,18H,3H2,1-2H3,(H2,17,19). The molecule has 0 radical (unpaired) electrons. The lowest BCUT2D eigenvalue weighted by molar-refractivity contribution is 0.0683. The summed E-state index contributed by atoms with van der Waals surface area (Å²) in [7, 11) is 1.72. The molecule has 0 saturated heterocycles. The third-order valence-electron chi connectivity index (χ3n) is 3.32. The fourth-order valence-corrected chi connectivity index (χ4v) is 2.40. The van der Waals surface area contributed by atoms with Crippen LogP contribution in [0.3, 0.4) is 0 Å². The molecule has 4 heteroatoms. The zero-order valence-corrected chi connectivity index (χ0v) is 11.9. The van der Waals surface area contributed by atoms with E-state index in [1.165, 1.54) is 0 Å². The molecule has 1 aromatic heterocycles. The van der Waals surface area contributed by atoms with Gasteiger partial charge in [0.05, 0.1) is 6.04 Å². The highest BCUT2D eigenvalue weighted by molar-refractivity contribution is 5.42. The molecule has 4 nitrogen and oxygen atoms in total. The Balaban J connectivity index is 2.39. The lowest BCUT2D eigenvalue weighted by Gasteiger charge is -2.28. The topological polar surface area (TPSA) is 60.2 Å². The number of hydrogen-bond donors (Lipinski definition) is 2. The van der Waals surface area contributed by atoms with Crippen LogP contribution < -0.4 is 11.1 Å². The number of likely N-dealkylation sites (N-methyl/N-ethyl adjacent to an activating group) is 1. The summed E-state index contributed by atoms with van der Waals surface area (Å²) in [4.78, 5) is 4.17. The average Bonchev–Trinajstić information content (AvgIpc) is 2.49. The number of ether oxygens (including phenoxy) is 1. The molecule has 0 aliphatic carbocycles. The number of nitrogens with one attached hydrogen (secondary N) is 1. The van der Waals surface area contributed by atoms with Crippen molar-refractivity contribution >= 4 is 5.82 Å². The van der Waals surface area contributed by atoms with Gasteiger partial charge in [-0.25, -0.2) is 4.98 Å². The summed E-state index contributed by atoms with van der Waals surface area (Å²) in [5, 5.41) is 3.44. The molecule has 1 heterocycles. The van der Waals surface area contributed by atoms with Crippen LogP contribution >= 0.6 is 0 Å². The summed E-state index contributed by atoms with van der Waals surface area (Å²) in [6.45, 7) is 2.89. The SMILES string of the molecule is CCNC(c1cccnc1N)C(OC)c1ccccc1. The maximum atomic E-state index is 6.02. The first-order valence-electron chi connectivity index (χ1n) is 6.79. The van der Waals surface area contributed by atoms with Gasteiger partial charge in [0, 0.05) is 18.9 Å². The summed E-state index contributed by atoms with van der Waals surface area (Å²) in [5.41, 5.74) is 8.09. The lowest BCUT2D eigenvalue weighted by atomic mass is 9.96. The molecule has 2 atom stereocenters. The molecule has 3 N–H and O–H groups in total. The number of hydrogen-bond acceptors (Lipinski definition) is 4. The van der Waals surface area contributed by atoms with E-state index >= 15 is 0 Å². The van der Waals surface area contributed by atoms with Crippen molar-refractivity contribution in [1.29, 1.82) is 0 Å². The normalized spacial score (nSPS) is 13.9. The maximum Gasteiger partial charge on any atom is 0.128 e. The first-order chi connectivity index (χ1) is 9.77. The summed E-state index contributed by atoms with van der Waals surface area (Å²) < 4.78 is 5.71. The fourth-order valence-electron chi connectivity index (χ4n) is 2.40. The highest BCUT2D eigenvalue weighted by Crippen LogP contribution is 2.33. The van der Waals surface area contributed by atoms with Gasteiger partial charge in [-0.3, -0.25) is 0 Å². The van der Waals surface area contributed by atoms with Gasteiger partial charge in [-0.1, -0.05) is 43.3 Å². The molecule has 2 unspecified atom stereocenters. The van der Waals surface area contributed by atoms with Gasteiger partial charge in [0.1, 0.15) is 11.9 Å². The van der Waals surface area contributed by atoms with E-state index in [0.29, 0.717) is 5.82 Å². The molecule has 0 spiro atoms. The average molecular weight is 271 g/mol. The van der Waals surface area contributed by atoms with Crippen molar-refractivity contribution in [1.82, 2.24) is 10.3 Å². The quantitative estimate of drug-likeness (QED) is 0.848.